The van der Waals surface area contributed by atoms with Crippen molar-refractivity contribution in [3.63, 3.8) is 0 Å². The number of aromatic nitrogens is 1. The minimum atomic E-state index is -3.85. The van der Waals surface area contributed by atoms with E-state index in [1.54, 1.807) is 19.1 Å². The Labute approximate surface area is 108 Å². The van der Waals surface area contributed by atoms with Gasteiger partial charge in [-0.25, -0.2) is 17.8 Å². The van der Waals surface area contributed by atoms with Gasteiger partial charge in [0.25, 0.3) is 0 Å². The summed E-state index contributed by atoms with van der Waals surface area (Å²) in [6, 6.07) is 4.73. The Balaban J connectivity index is 2.55. The van der Waals surface area contributed by atoms with Crippen molar-refractivity contribution in [3.8, 4) is 10.4 Å². The Bertz CT molecular complexity index is 680. The molecule has 0 atom stereocenters. The first-order chi connectivity index (χ1) is 8.44. The SMILES string of the molecule is Cc1nc(N)sc1-c1cccc(S(=O)(=O)CF)c1. The molecule has 0 aliphatic rings. The zero-order chi connectivity index (χ0) is 13.3. The number of rotatable bonds is 3. The van der Waals surface area contributed by atoms with Gasteiger partial charge in [-0.3, -0.25) is 0 Å². The zero-order valence-corrected chi connectivity index (χ0v) is 11.2. The van der Waals surface area contributed by atoms with Crippen LogP contribution in [0.3, 0.4) is 0 Å². The molecule has 0 aliphatic heterocycles. The zero-order valence-electron chi connectivity index (χ0n) is 9.55. The van der Waals surface area contributed by atoms with Crippen molar-refractivity contribution >= 4 is 26.3 Å². The van der Waals surface area contributed by atoms with Crippen molar-refractivity contribution in [2.24, 2.45) is 0 Å². The maximum atomic E-state index is 12.5. The van der Waals surface area contributed by atoms with Gasteiger partial charge in [0.1, 0.15) is 0 Å². The number of aryl methyl sites for hydroxylation is 1. The predicted molar refractivity (Wildman–Crippen MR) is 69.9 cm³/mol. The molecule has 1 aromatic heterocycles. The van der Waals surface area contributed by atoms with Gasteiger partial charge < -0.3 is 5.73 Å². The van der Waals surface area contributed by atoms with Crippen LogP contribution in [-0.4, -0.2) is 19.4 Å². The van der Waals surface area contributed by atoms with Crippen LogP contribution in [0.15, 0.2) is 29.2 Å². The second-order valence-electron chi connectivity index (χ2n) is 3.72. The third-order valence-corrected chi connectivity index (χ3v) is 4.71. The lowest BCUT2D eigenvalue weighted by atomic mass is 10.2. The topological polar surface area (TPSA) is 73.0 Å². The number of nitrogens with two attached hydrogens (primary N) is 1. The fourth-order valence-electron chi connectivity index (χ4n) is 1.58. The van der Waals surface area contributed by atoms with E-state index in [0.717, 1.165) is 10.6 Å². The first-order valence-corrected chi connectivity index (χ1v) is 7.53. The number of hydrogen-bond donors (Lipinski definition) is 1. The molecule has 2 aromatic rings. The number of nitrogens with zero attached hydrogens (tertiary/aromatic N) is 1. The van der Waals surface area contributed by atoms with E-state index in [1.165, 1.54) is 23.5 Å². The van der Waals surface area contributed by atoms with Crippen LogP contribution < -0.4 is 5.73 Å². The van der Waals surface area contributed by atoms with Gasteiger partial charge in [-0.05, 0) is 24.6 Å². The highest BCUT2D eigenvalue weighted by atomic mass is 32.2. The number of hydrogen-bond acceptors (Lipinski definition) is 5. The standard InChI is InChI=1S/C11H11FN2O2S2/c1-7-10(17-11(13)14-7)8-3-2-4-9(5-8)18(15,16)6-12/h2-5H,6H2,1H3,(H2,13,14). The first-order valence-electron chi connectivity index (χ1n) is 5.06. The molecule has 1 heterocycles. The Morgan fingerprint density at radius 3 is 2.72 bits per heavy atom. The van der Waals surface area contributed by atoms with Crippen LogP contribution in [0.5, 0.6) is 0 Å². The summed E-state index contributed by atoms with van der Waals surface area (Å²) in [6.45, 7) is 1.79. The molecule has 4 nitrogen and oxygen atoms in total. The van der Waals surface area contributed by atoms with E-state index in [4.69, 9.17) is 5.73 Å². The molecule has 0 spiro atoms. The molecule has 7 heteroatoms. The van der Waals surface area contributed by atoms with Crippen LogP contribution in [-0.2, 0) is 9.84 Å². The van der Waals surface area contributed by atoms with Crippen molar-refractivity contribution in [3.05, 3.63) is 30.0 Å². The van der Waals surface area contributed by atoms with Crippen LogP contribution in [0.4, 0.5) is 9.52 Å². The fourth-order valence-corrected chi connectivity index (χ4v) is 3.13. The van der Waals surface area contributed by atoms with Gasteiger partial charge in [-0.15, -0.1) is 0 Å². The smallest absolute Gasteiger partial charge is 0.207 e. The van der Waals surface area contributed by atoms with E-state index in [9.17, 15) is 12.8 Å². The summed E-state index contributed by atoms with van der Waals surface area (Å²) < 4.78 is 35.4. The largest absolute Gasteiger partial charge is 0.375 e. The highest BCUT2D eigenvalue weighted by Crippen LogP contribution is 2.32. The highest BCUT2D eigenvalue weighted by molar-refractivity contribution is 7.91. The number of benzene rings is 1. The molecule has 0 saturated heterocycles. The summed E-state index contributed by atoms with van der Waals surface area (Å²) in [5.74, 6) is 0. The van der Waals surface area contributed by atoms with Crippen LogP contribution in [0.25, 0.3) is 10.4 Å². The molecular weight excluding hydrogens is 275 g/mol. The summed E-state index contributed by atoms with van der Waals surface area (Å²) >= 11 is 1.27. The van der Waals surface area contributed by atoms with Gasteiger partial charge in [0.05, 0.1) is 15.5 Å². The van der Waals surface area contributed by atoms with Gasteiger partial charge in [-0.1, -0.05) is 23.5 Å². The van der Waals surface area contributed by atoms with Gasteiger partial charge in [-0.2, -0.15) is 0 Å². The highest BCUT2D eigenvalue weighted by Gasteiger charge is 2.16. The minimum Gasteiger partial charge on any atom is -0.375 e. The Morgan fingerprint density at radius 1 is 1.44 bits per heavy atom. The molecule has 1 aromatic carbocycles. The summed E-state index contributed by atoms with van der Waals surface area (Å²) in [7, 11) is -3.85. The normalized spacial score (nSPS) is 11.7. The molecule has 2 N–H and O–H groups in total. The number of anilines is 1. The quantitative estimate of drug-likeness (QED) is 0.940. The second kappa shape index (κ2) is 4.66. The van der Waals surface area contributed by atoms with E-state index in [0.29, 0.717) is 10.7 Å². The van der Waals surface area contributed by atoms with Crippen LogP contribution >= 0.6 is 11.3 Å². The number of alkyl halides is 1. The molecule has 0 aliphatic carbocycles. The van der Waals surface area contributed by atoms with Crippen LogP contribution in [0.1, 0.15) is 5.69 Å². The lowest BCUT2D eigenvalue weighted by molar-refractivity contribution is 0.534. The summed E-state index contributed by atoms with van der Waals surface area (Å²) in [4.78, 5) is 4.83. The molecule has 96 valence electrons. The summed E-state index contributed by atoms with van der Waals surface area (Å²) in [6.07, 6.45) is 0. The van der Waals surface area contributed by atoms with Crippen LogP contribution in [0.2, 0.25) is 0 Å². The Morgan fingerprint density at radius 2 is 2.17 bits per heavy atom. The van der Waals surface area contributed by atoms with Crippen molar-refractivity contribution in [2.75, 3.05) is 11.7 Å². The van der Waals surface area contributed by atoms with E-state index in [2.05, 4.69) is 4.98 Å². The van der Waals surface area contributed by atoms with Crippen molar-refractivity contribution in [1.29, 1.82) is 0 Å². The molecule has 0 bridgehead atoms. The first kappa shape index (κ1) is 13.0. The second-order valence-corrected chi connectivity index (χ2v) is 6.67. The molecule has 2 rings (SSSR count). The molecule has 0 amide bonds. The number of nitrogen functional groups attached to an aromatic ring is 1. The molecular formula is C11H11FN2O2S2. The van der Waals surface area contributed by atoms with Crippen LogP contribution in [0, 0.1) is 6.92 Å². The lowest BCUT2D eigenvalue weighted by Crippen LogP contribution is -2.02. The lowest BCUT2D eigenvalue weighted by Gasteiger charge is -2.03. The van der Waals surface area contributed by atoms with E-state index >= 15 is 0 Å². The molecule has 18 heavy (non-hydrogen) atoms. The Hall–Kier alpha value is -1.47. The van der Waals surface area contributed by atoms with E-state index < -0.39 is 15.8 Å². The van der Waals surface area contributed by atoms with Gasteiger partial charge in [0.15, 0.2) is 11.1 Å². The Kier molecular flexibility index (Phi) is 3.36. The number of thiazole rings is 1. The molecule has 0 radical (unpaired) electrons. The maximum Gasteiger partial charge on any atom is 0.207 e. The average molecular weight is 286 g/mol. The molecule has 0 fully saturated rings. The third kappa shape index (κ3) is 2.37. The minimum absolute atomic E-state index is 0.0335. The monoisotopic (exact) mass is 286 g/mol. The van der Waals surface area contributed by atoms with Crippen molar-refractivity contribution < 1.29 is 12.8 Å². The summed E-state index contributed by atoms with van der Waals surface area (Å²) in [5, 5.41) is 0.418. The number of sulfone groups is 1. The predicted octanol–water partition coefficient (Wildman–Crippen LogP) is 2.40. The average Bonchev–Trinajstić information content (AvgIpc) is 2.69. The van der Waals surface area contributed by atoms with E-state index in [-0.39, 0.29) is 4.90 Å². The third-order valence-electron chi connectivity index (χ3n) is 2.41. The van der Waals surface area contributed by atoms with E-state index in [1.807, 2.05) is 0 Å². The van der Waals surface area contributed by atoms with Crippen molar-refractivity contribution in [2.45, 2.75) is 11.8 Å². The molecule has 0 saturated carbocycles. The molecule has 0 unspecified atom stereocenters. The van der Waals surface area contributed by atoms with Crippen molar-refractivity contribution in [1.82, 2.24) is 4.98 Å². The summed E-state index contributed by atoms with van der Waals surface area (Å²) in [5.41, 5.74) is 7.00. The maximum absolute atomic E-state index is 12.5. The van der Waals surface area contributed by atoms with Gasteiger partial charge in [0, 0.05) is 0 Å². The number of halogens is 1. The fraction of sp³-hybridized carbons (Fsp3) is 0.182. The van der Waals surface area contributed by atoms with Gasteiger partial charge >= 0.3 is 0 Å². The van der Waals surface area contributed by atoms with Gasteiger partial charge in [0.2, 0.25) is 9.84 Å².